The van der Waals surface area contributed by atoms with Gasteiger partial charge in [0.2, 0.25) is 5.95 Å². The molecule has 1 aromatic carbocycles. The van der Waals surface area contributed by atoms with Crippen molar-refractivity contribution in [1.82, 2.24) is 35.1 Å². The maximum atomic E-state index is 4.86. The van der Waals surface area contributed by atoms with E-state index in [2.05, 4.69) is 59.0 Å². The number of imidazole rings is 1. The van der Waals surface area contributed by atoms with Crippen LogP contribution in [0.3, 0.4) is 0 Å². The fraction of sp³-hybridized carbons (Fsp3) is 0.417. The molecule has 1 aliphatic rings. The number of nitrogens with zero attached hydrogens (tertiary/aromatic N) is 7. The van der Waals surface area contributed by atoms with Crippen LogP contribution in [0.1, 0.15) is 12.7 Å². The molecule has 1 fully saturated rings. The number of piperazine rings is 1. The van der Waals surface area contributed by atoms with Gasteiger partial charge in [-0.2, -0.15) is 0 Å². The Hall–Kier alpha value is -3.46. The lowest BCUT2D eigenvalue weighted by molar-refractivity contribution is 0.263. The predicted octanol–water partition coefficient (Wildman–Crippen LogP) is 2.09. The largest absolute Gasteiger partial charge is 0.357 e. The minimum Gasteiger partial charge on any atom is -0.357 e. The van der Waals surface area contributed by atoms with Crippen LogP contribution in [0.15, 0.2) is 60.0 Å². The van der Waals surface area contributed by atoms with Gasteiger partial charge in [-0.25, -0.2) is 15.0 Å². The van der Waals surface area contributed by atoms with E-state index in [0.717, 1.165) is 74.8 Å². The molecule has 4 rings (SSSR count). The molecule has 0 aliphatic carbocycles. The Kier molecular flexibility index (Phi) is 7.86. The second kappa shape index (κ2) is 11.4. The second-order valence-electron chi connectivity index (χ2n) is 8.08. The van der Waals surface area contributed by atoms with Crippen LogP contribution in [0.5, 0.6) is 0 Å². The average Bonchev–Trinajstić information content (AvgIpc) is 3.33. The number of hydrogen-bond acceptors (Lipinski definition) is 6. The smallest absolute Gasteiger partial charge is 0.225 e. The fourth-order valence-corrected chi connectivity index (χ4v) is 3.90. The van der Waals surface area contributed by atoms with E-state index < -0.39 is 0 Å². The van der Waals surface area contributed by atoms with Crippen LogP contribution >= 0.6 is 0 Å². The van der Waals surface area contributed by atoms with Crippen LogP contribution in [0.4, 0.5) is 5.95 Å². The summed E-state index contributed by atoms with van der Waals surface area (Å²) in [6.07, 6.45) is 5.49. The molecule has 0 amide bonds. The van der Waals surface area contributed by atoms with Crippen LogP contribution in [0.2, 0.25) is 0 Å². The highest BCUT2D eigenvalue weighted by Gasteiger charge is 2.18. The summed E-state index contributed by atoms with van der Waals surface area (Å²) in [5.74, 6) is 2.63. The Morgan fingerprint density at radius 3 is 2.55 bits per heavy atom. The maximum Gasteiger partial charge on any atom is 0.225 e. The van der Waals surface area contributed by atoms with E-state index in [1.165, 1.54) is 0 Å². The van der Waals surface area contributed by atoms with E-state index in [1.54, 1.807) is 12.4 Å². The summed E-state index contributed by atoms with van der Waals surface area (Å²) in [5.41, 5.74) is 2.17. The molecular weight excluding hydrogens is 414 g/mol. The topological polar surface area (TPSA) is 88.6 Å². The van der Waals surface area contributed by atoms with Gasteiger partial charge in [-0.05, 0) is 18.6 Å². The van der Waals surface area contributed by atoms with Crippen molar-refractivity contribution >= 4 is 11.9 Å². The van der Waals surface area contributed by atoms with Crippen molar-refractivity contribution < 1.29 is 0 Å². The molecule has 3 aromatic rings. The Balaban J connectivity index is 1.27. The molecule has 0 unspecified atom stereocenters. The molecule has 2 N–H and O–H groups in total. The van der Waals surface area contributed by atoms with Gasteiger partial charge < -0.3 is 20.1 Å². The minimum atomic E-state index is 0.661. The van der Waals surface area contributed by atoms with E-state index in [0.29, 0.717) is 6.54 Å². The molecule has 3 heterocycles. The average molecular weight is 448 g/mol. The zero-order chi connectivity index (χ0) is 22.9. The van der Waals surface area contributed by atoms with Crippen LogP contribution in [0.25, 0.3) is 11.3 Å². The van der Waals surface area contributed by atoms with Gasteiger partial charge >= 0.3 is 0 Å². The Morgan fingerprint density at radius 1 is 1.06 bits per heavy atom. The lowest BCUT2D eigenvalue weighted by Gasteiger charge is -2.34. The van der Waals surface area contributed by atoms with Gasteiger partial charge in [0, 0.05) is 58.7 Å². The molecule has 0 saturated carbocycles. The first-order valence-electron chi connectivity index (χ1n) is 11.6. The molecule has 0 spiro atoms. The summed E-state index contributed by atoms with van der Waals surface area (Å²) in [6, 6.07) is 12.1. The highest BCUT2D eigenvalue weighted by Crippen LogP contribution is 2.16. The number of hydrogen-bond donors (Lipinski definition) is 2. The molecular formula is C24H33N9. The maximum absolute atomic E-state index is 4.86. The molecule has 1 saturated heterocycles. The first kappa shape index (κ1) is 22.7. The summed E-state index contributed by atoms with van der Waals surface area (Å²) in [7, 11) is 2.05. The van der Waals surface area contributed by atoms with Crippen molar-refractivity contribution in [2.45, 2.75) is 13.5 Å². The van der Waals surface area contributed by atoms with E-state index in [1.807, 2.05) is 37.5 Å². The molecule has 2 aromatic heterocycles. The molecule has 9 heteroatoms. The monoisotopic (exact) mass is 447 g/mol. The number of aromatic nitrogens is 4. The fourth-order valence-electron chi connectivity index (χ4n) is 3.90. The SMILES string of the molecule is CCNC(=NCCN1CCN(c2ncccn2)CC1)N(C)Cc1ncc(-c2ccccc2)[nH]1. The van der Waals surface area contributed by atoms with Crippen molar-refractivity contribution in [2.75, 3.05) is 57.8 Å². The van der Waals surface area contributed by atoms with E-state index in [-0.39, 0.29) is 0 Å². The summed E-state index contributed by atoms with van der Waals surface area (Å²) < 4.78 is 0. The van der Waals surface area contributed by atoms with E-state index in [9.17, 15) is 0 Å². The van der Waals surface area contributed by atoms with Gasteiger partial charge in [0.05, 0.1) is 25.0 Å². The Morgan fingerprint density at radius 2 is 1.82 bits per heavy atom. The van der Waals surface area contributed by atoms with Gasteiger partial charge in [-0.3, -0.25) is 9.89 Å². The first-order chi connectivity index (χ1) is 16.2. The van der Waals surface area contributed by atoms with Gasteiger partial charge in [-0.15, -0.1) is 0 Å². The van der Waals surface area contributed by atoms with E-state index >= 15 is 0 Å². The zero-order valence-corrected chi connectivity index (χ0v) is 19.5. The first-order valence-corrected chi connectivity index (χ1v) is 11.6. The third-order valence-corrected chi connectivity index (χ3v) is 5.68. The van der Waals surface area contributed by atoms with Gasteiger partial charge in [0.1, 0.15) is 5.82 Å². The number of anilines is 1. The number of guanidine groups is 1. The Labute approximate surface area is 195 Å². The summed E-state index contributed by atoms with van der Waals surface area (Å²) in [4.78, 5) is 28.4. The highest BCUT2D eigenvalue weighted by atomic mass is 15.3. The molecule has 33 heavy (non-hydrogen) atoms. The molecule has 0 bridgehead atoms. The van der Waals surface area contributed by atoms with E-state index in [4.69, 9.17) is 4.99 Å². The summed E-state index contributed by atoms with van der Waals surface area (Å²) in [5, 5.41) is 3.40. The van der Waals surface area contributed by atoms with Gasteiger partial charge in [0.15, 0.2) is 5.96 Å². The quantitative estimate of drug-likeness (QED) is 0.404. The molecule has 174 valence electrons. The standard InChI is InChI=1S/C24H33N9/c1-3-25-23(31(2)19-22-29-18-21(30-22)20-8-5-4-6-9-20)28-12-13-32-14-16-33(17-15-32)24-26-10-7-11-27-24/h4-11,18H,3,12-17,19H2,1-2H3,(H,25,28)(H,29,30). The molecule has 0 atom stereocenters. The minimum absolute atomic E-state index is 0.661. The highest BCUT2D eigenvalue weighted by molar-refractivity contribution is 5.79. The van der Waals surface area contributed by atoms with Crippen LogP contribution in [-0.4, -0.2) is 88.6 Å². The summed E-state index contributed by atoms with van der Waals surface area (Å²) >= 11 is 0. The Bertz CT molecular complexity index is 995. The number of aliphatic imine (C=N–C) groups is 1. The summed E-state index contributed by atoms with van der Waals surface area (Å²) in [6.45, 7) is 9.14. The molecule has 9 nitrogen and oxygen atoms in total. The lowest BCUT2D eigenvalue weighted by Crippen LogP contribution is -2.48. The van der Waals surface area contributed by atoms with Crippen molar-refractivity contribution in [1.29, 1.82) is 0 Å². The van der Waals surface area contributed by atoms with Gasteiger partial charge in [0.25, 0.3) is 0 Å². The predicted molar refractivity (Wildman–Crippen MR) is 132 cm³/mol. The van der Waals surface area contributed by atoms with Crippen molar-refractivity contribution in [3.05, 3.63) is 60.8 Å². The normalized spacial score (nSPS) is 15.0. The van der Waals surface area contributed by atoms with Crippen molar-refractivity contribution in [3.63, 3.8) is 0 Å². The van der Waals surface area contributed by atoms with Crippen LogP contribution < -0.4 is 10.2 Å². The number of benzene rings is 1. The number of rotatable bonds is 8. The molecule has 1 aliphatic heterocycles. The second-order valence-corrected chi connectivity index (χ2v) is 8.08. The third kappa shape index (κ3) is 6.29. The molecule has 0 radical (unpaired) electrons. The van der Waals surface area contributed by atoms with Crippen molar-refractivity contribution in [3.8, 4) is 11.3 Å². The third-order valence-electron chi connectivity index (χ3n) is 5.68. The van der Waals surface area contributed by atoms with Crippen LogP contribution in [0, 0.1) is 0 Å². The van der Waals surface area contributed by atoms with Crippen LogP contribution in [-0.2, 0) is 6.54 Å². The number of aromatic amines is 1. The lowest BCUT2D eigenvalue weighted by atomic mass is 10.2. The zero-order valence-electron chi connectivity index (χ0n) is 19.5. The number of nitrogens with one attached hydrogen (secondary N) is 2. The number of H-pyrrole nitrogens is 1. The van der Waals surface area contributed by atoms with Crippen molar-refractivity contribution in [2.24, 2.45) is 4.99 Å². The van der Waals surface area contributed by atoms with Gasteiger partial charge in [-0.1, -0.05) is 30.3 Å².